The molecule has 0 spiro atoms. The van der Waals surface area contributed by atoms with Crippen molar-refractivity contribution in [3.05, 3.63) is 17.7 Å². The monoisotopic (exact) mass is 166 g/mol. The molecular weight excluding hydrogens is 152 g/mol. The lowest BCUT2D eigenvalue weighted by molar-refractivity contribution is 0.194. The summed E-state index contributed by atoms with van der Waals surface area (Å²) in [6.45, 7) is 2.82. The van der Waals surface area contributed by atoms with E-state index >= 15 is 0 Å². The van der Waals surface area contributed by atoms with Gasteiger partial charge in [-0.1, -0.05) is 0 Å². The molecule has 1 aliphatic heterocycles. The number of hydrogen-bond acceptors (Lipinski definition) is 2. The minimum absolute atomic E-state index is 0.428. The Morgan fingerprint density at radius 1 is 1.58 bits per heavy atom. The Morgan fingerprint density at radius 3 is 3.08 bits per heavy atom. The Morgan fingerprint density at radius 2 is 2.42 bits per heavy atom. The molecule has 2 heterocycles. The number of hydrogen-bond donors (Lipinski definition) is 1. The van der Waals surface area contributed by atoms with Gasteiger partial charge < -0.3 is 9.67 Å². The highest BCUT2D eigenvalue weighted by Gasteiger charge is 2.13. The van der Waals surface area contributed by atoms with Gasteiger partial charge in [0.15, 0.2) is 0 Å². The summed E-state index contributed by atoms with van der Waals surface area (Å²) >= 11 is 0. The van der Waals surface area contributed by atoms with Gasteiger partial charge in [0, 0.05) is 19.2 Å². The van der Waals surface area contributed by atoms with Gasteiger partial charge in [0.1, 0.15) is 5.82 Å². The molecule has 12 heavy (non-hydrogen) atoms. The fourth-order valence-corrected chi connectivity index (χ4v) is 1.64. The molecule has 0 saturated heterocycles. The van der Waals surface area contributed by atoms with Crippen LogP contribution in [0.3, 0.4) is 0 Å². The zero-order valence-corrected chi connectivity index (χ0v) is 7.32. The Balaban J connectivity index is 2.32. The molecule has 0 unspecified atom stereocenters. The number of aromatic nitrogens is 2. The first-order valence-electron chi connectivity index (χ1n) is 4.51. The summed E-state index contributed by atoms with van der Waals surface area (Å²) in [7, 11) is 0. The van der Waals surface area contributed by atoms with Crippen LogP contribution in [0.5, 0.6) is 0 Å². The smallest absolute Gasteiger partial charge is 0.109 e. The van der Waals surface area contributed by atoms with E-state index in [1.54, 1.807) is 6.92 Å². The van der Waals surface area contributed by atoms with Gasteiger partial charge in [-0.3, -0.25) is 0 Å². The van der Waals surface area contributed by atoms with Gasteiger partial charge in [0.25, 0.3) is 0 Å². The lowest BCUT2D eigenvalue weighted by Gasteiger charge is -2.11. The summed E-state index contributed by atoms with van der Waals surface area (Å²) < 4.78 is 2.16. The third-order valence-electron chi connectivity index (χ3n) is 2.36. The van der Waals surface area contributed by atoms with E-state index < -0.39 is 6.10 Å². The zero-order valence-electron chi connectivity index (χ0n) is 7.32. The van der Waals surface area contributed by atoms with Crippen LogP contribution < -0.4 is 0 Å². The van der Waals surface area contributed by atoms with E-state index in [1.807, 2.05) is 6.20 Å². The molecule has 2 rings (SSSR count). The van der Waals surface area contributed by atoms with Gasteiger partial charge in [-0.2, -0.15) is 0 Å². The fraction of sp³-hybridized carbons (Fsp3) is 0.667. The van der Waals surface area contributed by atoms with E-state index in [4.69, 9.17) is 0 Å². The Bertz CT molecular complexity index is 255. The summed E-state index contributed by atoms with van der Waals surface area (Å²) in [4.78, 5) is 4.36. The van der Waals surface area contributed by atoms with E-state index in [0.717, 1.165) is 24.5 Å². The number of aliphatic hydroxyl groups excluding tert-OH is 1. The third kappa shape index (κ3) is 1.25. The molecule has 0 fully saturated rings. The largest absolute Gasteiger partial charge is 0.387 e. The molecule has 1 aliphatic rings. The standard InChI is InChI=1S/C9H14N2O/c1-7(12)8-6-11-5-3-2-4-9(11)10-8/h6-7,12H,2-5H2,1H3/t7-/m1/s1. The highest BCUT2D eigenvalue weighted by atomic mass is 16.3. The first kappa shape index (κ1) is 7.80. The van der Waals surface area contributed by atoms with Gasteiger partial charge in [-0.15, -0.1) is 0 Å². The fourth-order valence-electron chi connectivity index (χ4n) is 1.64. The average molecular weight is 166 g/mol. The molecule has 1 atom stereocenters. The number of aryl methyl sites for hydroxylation is 2. The van der Waals surface area contributed by atoms with Crippen molar-refractivity contribution < 1.29 is 5.11 Å². The second-order valence-corrected chi connectivity index (χ2v) is 3.41. The molecular formula is C9H14N2O. The van der Waals surface area contributed by atoms with Gasteiger partial charge in [0.05, 0.1) is 11.8 Å². The van der Waals surface area contributed by atoms with Gasteiger partial charge in [-0.25, -0.2) is 4.98 Å². The van der Waals surface area contributed by atoms with Gasteiger partial charge in [0.2, 0.25) is 0 Å². The second kappa shape index (κ2) is 2.90. The van der Waals surface area contributed by atoms with Crippen molar-refractivity contribution in [3.8, 4) is 0 Å². The molecule has 0 radical (unpaired) electrons. The topological polar surface area (TPSA) is 38.0 Å². The van der Waals surface area contributed by atoms with E-state index in [-0.39, 0.29) is 0 Å². The lowest BCUT2D eigenvalue weighted by atomic mass is 10.2. The van der Waals surface area contributed by atoms with Crippen LogP contribution in [0.15, 0.2) is 6.20 Å². The van der Waals surface area contributed by atoms with Crippen LogP contribution in [-0.4, -0.2) is 14.7 Å². The van der Waals surface area contributed by atoms with Crippen molar-refractivity contribution in [1.82, 2.24) is 9.55 Å². The summed E-state index contributed by atoms with van der Waals surface area (Å²) in [5.74, 6) is 1.14. The third-order valence-corrected chi connectivity index (χ3v) is 2.36. The maximum absolute atomic E-state index is 9.30. The normalized spacial score (nSPS) is 18.8. The minimum Gasteiger partial charge on any atom is -0.387 e. The van der Waals surface area contributed by atoms with Crippen LogP contribution >= 0.6 is 0 Å². The van der Waals surface area contributed by atoms with Crippen molar-refractivity contribution >= 4 is 0 Å². The summed E-state index contributed by atoms with van der Waals surface area (Å²) in [6.07, 6.45) is 5.08. The van der Waals surface area contributed by atoms with Crippen molar-refractivity contribution in [3.63, 3.8) is 0 Å². The molecule has 3 nitrogen and oxygen atoms in total. The molecule has 1 aromatic heterocycles. The number of nitrogens with zero attached hydrogens (tertiary/aromatic N) is 2. The number of imidazole rings is 1. The van der Waals surface area contributed by atoms with Gasteiger partial charge >= 0.3 is 0 Å². The van der Waals surface area contributed by atoms with Crippen LogP contribution in [0.1, 0.15) is 37.4 Å². The maximum Gasteiger partial charge on any atom is 0.109 e. The summed E-state index contributed by atoms with van der Waals surface area (Å²) in [5.41, 5.74) is 0.812. The lowest BCUT2D eigenvalue weighted by Crippen LogP contribution is -2.08. The highest BCUT2D eigenvalue weighted by Crippen LogP contribution is 2.17. The van der Waals surface area contributed by atoms with Crippen LogP contribution in [0, 0.1) is 0 Å². The molecule has 3 heteroatoms. The van der Waals surface area contributed by atoms with Crippen LogP contribution in [-0.2, 0) is 13.0 Å². The van der Waals surface area contributed by atoms with Gasteiger partial charge in [-0.05, 0) is 19.8 Å². The van der Waals surface area contributed by atoms with E-state index in [2.05, 4.69) is 9.55 Å². The molecule has 1 N–H and O–H groups in total. The number of aliphatic hydroxyl groups is 1. The molecule has 0 aromatic carbocycles. The maximum atomic E-state index is 9.30. The average Bonchev–Trinajstić information content (AvgIpc) is 2.46. The molecule has 0 aliphatic carbocycles. The Kier molecular flexibility index (Phi) is 1.89. The minimum atomic E-state index is -0.428. The SMILES string of the molecule is C[C@@H](O)c1cn2c(n1)CCCC2. The quantitative estimate of drug-likeness (QED) is 0.682. The Hall–Kier alpha value is -0.830. The second-order valence-electron chi connectivity index (χ2n) is 3.41. The Labute approximate surface area is 72.0 Å². The predicted octanol–water partition coefficient (Wildman–Crippen LogP) is 1.27. The molecule has 0 amide bonds. The van der Waals surface area contributed by atoms with Crippen molar-refractivity contribution in [1.29, 1.82) is 0 Å². The molecule has 66 valence electrons. The summed E-state index contributed by atoms with van der Waals surface area (Å²) in [6, 6.07) is 0. The first-order chi connectivity index (χ1) is 5.77. The van der Waals surface area contributed by atoms with Crippen LogP contribution in [0.25, 0.3) is 0 Å². The zero-order chi connectivity index (χ0) is 8.55. The van der Waals surface area contributed by atoms with Crippen molar-refractivity contribution in [2.45, 2.75) is 38.8 Å². The van der Waals surface area contributed by atoms with E-state index in [0.29, 0.717) is 0 Å². The molecule has 0 bridgehead atoms. The van der Waals surface area contributed by atoms with E-state index in [9.17, 15) is 5.11 Å². The van der Waals surface area contributed by atoms with E-state index in [1.165, 1.54) is 12.8 Å². The highest BCUT2D eigenvalue weighted by molar-refractivity contribution is 5.07. The first-order valence-corrected chi connectivity index (χ1v) is 4.51. The van der Waals surface area contributed by atoms with Crippen LogP contribution in [0.4, 0.5) is 0 Å². The predicted molar refractivity (Wildman–Crippen MR) is 45.8 cm³/mol. The number of fused-ring (bicyclic) bond motifs is 1. The molecule has 0 saturated carbocycles. The van der Waals surface area contributed by atoms with Crippen LogP contribution in [0.2, 0.25) is 0 Å². The van der Waals surface area contributed by atoms with Crippen molar-refractivity contribution in [2.75, 3.05) is 0 Å². The van der Waals surface area contributed by atoms with Crippen molar-refractivity contribution in [2.24, 2.45) is 0 Å². The molecule has 1 aromatic rings. The number of rotatable bonds is 1. The summed E-state index contributed by atoms with van der Waals surface area (Å²) in [5, 5.41) is 9.30.